The molecule has 38 heavy (non-hydrogen) atoms. The number of carbonyl (C=O) groups is 2. The number of fused-ring (bicyclic) bond motifs is 1. The largest absolute Gasteiger partial charge is 0.507 e. The van der Waals surface area contributed by atoms with Crippen LogP contribution in [0.5, 0.6) is 11.5 Å². The highest BCUT2D eigenvalue weighted by molar-refractivity contribution is 7.22. The van der Waals surface area contributed by atoms with E-state index in [-0.39, 0.29) is 17.4 Å². The van der Waals surface area contributed by atoms with Crippen molar-refractivity contribution < 1.29 is 24.2 Å². The van der Waals surface area contributed by atoms with E-state index in [2.05, 4.69) is 4.98 Å². The number of amides is 1. The molecule has 0 bridgehead atoms. The monoisotopic (exact) mass is 528 g/mol. The van der Waals surface area contributed by atoms with E-state index in [0.717, 1.165) is 21.3 Å². The molecule has 8 heteroatoms. The lowest BCUT2D eigenvalue weighted by Gasteiger charge is -2.23. The Labute approximate surface area is 225 Å². The predicted octanol–water partition coefficient (Wildman–Crippen LogP) is 6.34. The number of hydrogen-bond donors (Lipinski definition) is 1. The van der Waals surface area contributed by atoms with Gasteiger partial charge in [-0.1, -0.05) is 29.5 Å². The van der Waals surface area contributed by atoms with Gasteiger partial charge in [-0.15, -0.1) is 0 Å². The lowest BCUT2D eigenvalue weighted by atomic mass is 9.95. The van der Waals surface area contributed by atoms with E-state index in [9.17, 15) is 14.7 Å². The van der Waals surface area contributed by atoms with Gasteiger partial charge >= 0.3 is 5.91 Å². The van der Waals surface area contributed by atoms with Crippen LogP contribution in [0.1, 0.15) is 42.1 Å². The second-order valence-corrected chi connectivity index (χ2v) is 10.6. The Balaban J connectivity index is 1.69. The van der Waals surface area contributed by atoms with Crippen LogP contribution in [-0.4, -0.2) is 35.0 Å². The molecular formula is C30H28N2O5S. The zero-order valence-corrected chi connectivity index (χ0v) is 22.6. The van der Waals surface area contributed by atoms with Gasteiger partial charge in [0.2, 0.25) is 0 Å². The van der Waals surface area contributed by atoms with Gasteiger partial charge < -0.3 is 14.6 Å². The summed E-state index contributed by atoms with van der Waals surface area (Å²) >= 11 is 1.34. The van der Waals surface area contributed by atoms with Crippen LogP contribution in [0.3, 0.4) is 0 Å². The van der Waals surface area contributed by atoms with Crippen molar-refractivity contribution in [1.82, 2.24) is 4.98 Å². The molecule has 1 aliphatic heterocycles. The molecule has 1 unspecified atom stereocenters. The molecule has 0 spiro atoms. The van der Waals surface area contributed by atoms with Crippen molar-refractivity contribution in [3.63, 3.8) is 0 Å². The summed E-state index contributed by atoms with van der Waals surface area (Å²) in [4.78, 5) is 33.1. The van der Waals surface area contributed by atoms with Crippen LogP contribution in [0.2, 0.25) is 0 Å². The quantitative estimate of drug-likeness (QED) is 0.179. The minimum atomic E-state index is -0.868. The van der Waals surface area contributed by atoms with E-state index in [0.29, 0.717) is 27.8 Å². The van der Waals surface area contributed by atoms with Gasteiger partial charge in [0.1, 0.15) is 17.3 Å². The van der Waals surface area contributed by atoms with E-state index in [1.54, 1.807) is 37.4 Å². The maximum atomic E-state index is 13.5. The van der Waals surface area contributed by atoms with Gasteiger partial charge in [0.05, 0.1) is 35.0 Å². The summed E-state index contributed by atoms with van der Waals surface area (Å²) in [5.74, 6) is -0.425. The van der Waals surface area contributed by atoms with Crippen LogP contribution < -0.4 is 14.4 Å². The molecule has 3 aromatic carbocycles. The average molecular weight is 529 g/mol. The summed E-state index contributed by atoms with van der Waals surface area (Å²) in [6.07, 6.45) is -0.00370. The smallest absolute Gasteiger partial charge is 0.301 e. The molecule has 4 aromatic rings. The van der Waals surface area contributed by atoms with Crippen molar-refractivity contribution in [2.75, 3.05) is 12.0 Å². The summed E-state index contributed by atoms with van der Waals surface area (Å²) in [5.41, 5.74) is 3.68. The molecule has 1 N–H and O–H groups in total. The van der Waals surface area contributed by atoms with Crippen molar-refractivity contribution in [1.29, 1.82) is 0 Å². The SMILES string of the molecule is COc1ccc(C(O)=C2C(=O)C(=O)N(c3nc4ccc(C)cc4s3)C2c2ccc(OC(C)C)cc2)cc1C. The number of benzene rings is 3. The molecule has 1 aromatic heterocycles. The fraction of sp³-hybridized carbons (Fsp3) is 0.233. The molecule has 0 saturated carbocycles. The number of thiazole rings is 1. The second kappa shape index (κ2) is 9.95. The number of ketones is 1. The number of aromatic nitrogens is 1. The zero-order chi connectivity index (χ0) is 27.1. The van der Waals surface area contributed by atoms with Crippen LogP contribution >= 0.6 is 11.3 Å². The Morgan fingerprint density at radius 2 is 1.76 bits per heavy atom. The molecule has 5 rings (SSSR count). The highest BCUT2D eigenvalue weighted by Crippen LogP contribution is 2.45. The number of rotatable bonds is 6. The van der Waals surface area contributed by atoms with Gasteiger partial charge in [-0.05, 0) is 86.8 Å². The number of anilines is 1. The Kier molecular flexibility index (Phi) is 6.67. The van der Waals surface area contributed by atoms with Crippen LogP contribution in [0, 0.1) is 13.8 Å². The van der Waals surface area contributed by atoms with Gasteiger partial charge in [0.15, 0.2) is 5.13 Å². The summed E-state index contributed by atoms with van der Waals surface area (Å²) in [5, 5.41) is 11.8. The summed E-state index contributed by atoms with van der Waals surface area (Å²) in [6.45, 7) is 7.72. The third kappa shape index (κ3) is 4.52. The zero-order valence-electron chi connectivity index (χ0n) is 21.8. The first-order valence-electron chi connectivity index (χ1n) is 12.3. The average Bonchev–Trinajstić information content (AvgIpc) is 3.41. The molecule has 0 aliphatic carbocycles. The highest BCUT2D eigenvalue weighted by atomic mass is 32.1. The number of methoxy groups -OCH3 is 1. The standard InChI is InChI=1S/C30H28N2O5S/c1-16(2)37-21-10-7-19(8-11-21)26-25(27(33)20-9-13-23(36-5)18(4)15-20)28(34)29(35)32(26)30-31-22-12-6-17(3)14-24(22)38-30/h6-16,26,33H,1-5H3. The molecule has 7 nitrogen and oxygen atoms in total. The Morgan fingerprint density at radius 1 is 1.03 bits per heavy atom. The van der Waals surface area contributed by atoms with E-state index < -0.39 is 17.7 Å². The van der Waals surface area contributed by atoms with Crippen molar-refractivity contribution in [3.05, 3.63) is 88.5 Å². The summed E-state index contributed by atoms with van der Waals surface area (Å²) < 4.78 is 12.0. The number of Topliss-reactive ketones (excluding diaryl/α,β-unsaturated/α-hetero) is 1. The molecule has 1 atom stereocenters. The fourth-order valence-corrected chi connectivity index (χ4v) is 5.74. The number of carbonyl (C=O) groups excluding carboxylic acids is 2. The first-order chi connectivity index (χ1) is 18.2. The number of hydrogen-bond acceptors (Lipinski definition) is 7. The molecule has 0 radical (unpaired) electrons. The minimum absolute atomic E-state index is 0.00370. The number of aliphatic hydroxyl groups excluding tert-OH is 1. The Morgan fingerprint density at radius 3 is 2.42 bits per heavy atom. The van der Waals surface area contributed by atoms with Crippen LogP contribution in [-0.2, 0) is 9.59 Å². The first kappa shape index (κ1) is 25.5. The van der Waals surface area contributed by atoms with Gasteiger partial charge in [0, 0.05) is 5.56 Å². The normalized spacial score (nSPS) is 17.0. The lowest BCUT2D eigenvalue weighted by molar-refractivity contribution is -0.132. The predicted molar refractivity (Wildman–Crippen MR) is 149 cm³/mol. The van der Waals surface area contributed by atoms with E-state index in [1.165, 1.54) is 16.2 Å². The second-order valence-electron chi connectivity index (χ2n) is 9.56. The molecule has 2 heterocycles. The fourth-order valence-electron chi connectivity index (χ4n) is 4.65. The first-order valence-corrected chi connectivity index (χ1v) is 13.1. The molecule has 1 amide bonds. The molecule has 1 aliphatic rings. The number of ether oxygens (including phenoxy) is 2. The third-order valence-electron chi connectivity index (χ3n) is 6.42. The van der Waals surface area contributed by atoms with Gasteiger partial charge in [-0.2, -0.15) is 0 Å². The van der Waals surface area contributed by atoms with Crippen molar-refractivity contribution in [2.24, 2.45) is 0 Å². The summed E-state index contributed by atoms with van der Waals surface area (Å²) in [7, 11) is 1.57. The van der Waals surface area contributed by atoms with Gasteiger partial charge in [-0.25, -0.2) is 4.98 Å². The van der Waals surface area contributed by atoms with Gasteiger partial charge in [0.25, 0.3) is 5.78 Å². The molecule has 1 fully saturated rings. The lowest BCUT2D eigenvalue weighted by Crippen LogP contribution is -2.29. The Hall–Kier alpha value is -4.17. The van der Waals surface area contributed by atoms with E-state index >= 15 is 0 Å². The maximum absolute atomic E-state index is 13.5. The third-order valence-corrected chi connectivity index (χ3v) is 7.44. The Bertz CT molecular complexity index is 1590. The van der Waals surface area contributed by atoms with Crippen molar-refractivity contribution in [3.8, 4) is 11.5 Å². The highest BCUT2D eigenvalue weighted by Gasteiger charge is 2.48. The number of aryl methyl sites for hydroxylation is 2. The minimum Gasteiger partial charge on any atom is -0.507 e. The molecule has 194 valence electrons. The van der Waals surface area contributed by atoms with E-state index in [1.807, 2.05) is 58.0 Å². The van der Waals surface area contributed by atoms with Crippen LogP contribution in [0.4, 0.5) is 5.13 Å². The van der Waals surface area contributed by atoms with Crippen molar-refractivity contribution >= 4 is 44.1 Å². The number of aliphatic hydroxyl groups is 1. The summed E-state index contributed by atoms with van der Waals surface area (Å²) in [6, 6.07) is 17.3. The van der Waals surface area contributed by atoms with Crippen LogP contribution in [0.15, 0.2) is 66.2 Å². The topological polar surface area (TPSA) is 89.0 Å². The molecular weight excluding hydrogens is 500 g/mol. The maximum Gasteiger partial charge on any atom is 0.301 e. The van der Waals surface area contributed by atoms with Crippen LogP contribution in [0.25, 0.3) is 16.0 Å². The van der Waals surface area contributed by atoms with E-state index in [4.69, 9.17) is 9.47 Å². The van der Waals surface area contributed by atoms with Crippen molar-refractivity contribution in [2.45, 2.75) is 39.8 Å². The molecule has 1 saturated heterocycles. The van der Waals surface area contributed by atoms with Gasteiger partial charge in [-0.3, -0.25) is 14.5 Å². The number of nitrogens with zero attached hydrogens (tertiary/aromatic N) is 2.